The van der Waals surface area contributed by atoms with Gasteiger partial charge in [0.15, 0.2) is 0 Å². The Labute approximate surface area is 151 Å². The van der Waals surface area contributed by atoms with Gasteiger partial charge in [-0.3, -0.25) is 14.2 Å². The fourth-order valence-corrected chi connectivity index (χ4v) is 4.81. The molecule has 0 heterocycles. The van der Waals surface area contributed by atoms with E-state index in [1.165, 1.54) is 0 Å². The van der Waals surface area contributed by atoms with Gasteiger partial charge in [0, 0.05) is 18.7 Å². The Kier molecular flexibility index (Phi) is 6.95. The highest BCUT2D eigenvalue weighted by molar-refractivity contribution is 7.58. The van der Waals surface area contributed by atoms with E-state index in [2.05, 4.69) is 0 Å². The van der Waals surface area contributed by atoms with Crippen LogP contribution in [-0.2, 0) is 20.6 Å². The van der Waals surface area contributed by atoms with Gasteiger partial charge < -0.3 is 15.1 Å². The number of rotatable bonds is 10. The fraction of sp³-hybridized carbons (Fsp3) is 0.368. The lowest BCUT2D eigenvalue weighted by Gasteiger charge is -2.16. The maximum Gasteiger partial charge on any atom is 0.307 e. The summed E-state index contributed by atoms with van der Waals surface area (Å²) >= 11 is 0. The predicted molar refractivity (Wildman–Crippen MR) is 99.8 cm³/mol. The Morgan fingerprint density at radius 2 is 1.73 bits per heavy atom. The maximum absolute atomic E-state index is 12.3. The summed E-state index contributed by atoms with van der Waals surface area (Å²) in [6.07, 6.45) is 0.275. The molecule has 2 aromatic rings. The minimum atomic E-state index is -3.62. The van der Waals surface area contributed by atoms with Gasteiger partial charge in [-0.1, -0.05) is 42.5 Å². The first kappa shape index (κ1) is 20.1. The van der Waals surface area contributed by atoms with E-state index < -0.39 is 25.2 Å². The molecule has 3 N–H and O–H groups in total. The molecule has 0 aliphatic carbocycles. The van der Waals surface area contributed by atoms with Crippen LogP contribution in [0.5, 0.6) is 0 Å². The van der Waals surface area contributed by atoms with Gasteiger partial charge in [-0.15, -0.1) is 0 Å². The van der Waals surface area contributed by atoms with Gasteiger partial charge >= 0.3 is 11.9 Å². The molecule has 7 heteroatoms. The second-order valence-electron chi connectivity index (χ2n) is 6.51. The summed E-state index contributed by atoms with van der Waals surface area (Å²) in [4.78, 5) is 31.9. The minimum Gasteiger partial charge on any atom is -0.481 e. The first-order valence-corrected chi connectivity index (χ1v) is 10.5. The summed E-state index contributed by atoms with van der Waals surface area (Å²) in [5.74, 6) is -3.45. The highest BCUT2D eigenvalue weighted by atomic mass is 31.2. The molecule has 0 fully saturated rings. The largest absolute Gasteiger partial charge is 0.481 e. The number of benzene rings is 2. The first-order chi connectivity index (χ1) is 12.3. The van der Waals surface area contributed by atoms with Crippen molar-refractivity contribution in [3.8, 4) is 0 Å². The Morgan fingerprint density at radius 1 is 1.04 bits per heavy atom. The number of carboxylic acids is 2. The average molecular weight is 378 g/mol. The smallest absolute Gasteiger partial charge is 0.307 e. The summed E-state index contributed by atoms with van der Waals surface area (Å²) in [7, 11) is -3.62. The van der Waals surface area contributed by atoms with E-state index in [-0.39, 0.29) is 25.2 Å². The number of carbonyl (C=O) groups is 2. The van der Waals surface area contributed by atoms with Crippen LogP contribution < -0.4 is 0 Å². The maximum atomic E-state index is 12.3. The molecular formula is C19H23O6P. The molecule has 2 unspecified atom stereocenters. The topological polar surface area (TPSA) is 112 Å². The fourth-order valence-electron chi connectivity index (χ4n) is 2.95. The van der Waals surface area contributed by atoms with Gasteiger partial charge in [-0.2, -0.15) is 0 Å². The molecule has 26 heavy (non-hydrogen) atoms. The summed E-state index contributed by atoms with van der Waals surface area (Å²) in [5.41, 5.74) is 1.06. The zero-order valence-electron chi connectivity index (χ0n) is 14.4. The van der Waals surface area contributed by atoms with Gasteiger partial charge in [0.25, 0.3) is 0 Å². The highest BCUT2D eigenvalue weighted by Crippen LogP contribution is 2.44. The quantitative estimate of drug-likeness (QED) is 0.545. The summed E-state index contributed by atoms with van der Waals surface area (Å²) in [5, 5.41) is 20.0. The second kappa shape index (κ2) is 8.97. The van der Waals surface area contributed by atoms with Crippen molar-refractivity contribution in [3.05, 3.63) is 48.0 Å². The normalized spacial score (nSPS) is 14.7. The molecule has 140 valence electrons. The van der Waals surface area contributed by atoms with Crippen molar-refractivity contribution in [1.82, 2.24) is 0 Å². The van der Waals surface area contributed by atoms with Gasteiger partial charge in [0.1, 0.15) is 0 Å². The average Bonchev–Trinajstić information content (AvgIpc) is 2.58. The van der Waals surface area contributed by atoms with Crippen LogP contribution in [0.1, 0.15) is 24.8 Å². The molecule has 2 aromatic carbocycles. The van der Waals surface area contributed by atoms with Crippen LogP contribution in [0, 0.1) is 5.92 Å². The third kappa shape index (κ3) is 6.28. The lowest BCUT2D eigenvalue weighted by Crippen LogP contribution is -2.20. The van der Waals surface area contributed by atoms with E-state index in [0.717, 1.165) is 16.3 Å². The number of carboxylic acid groups (broad SMARTS) is 2. The molecule has 2 rings (SSSR count). The standard InChI is InChI=1S/C19H23O6P/c20-18(21)10-9-17(19(22)23)13-26(24,25)11-3-4-14-7-8-15-5-1-2-6-16(15)12-14/h1-2,5-8,12,17H,3-4,9-11,13H2,(H,20,21)(H,22,23)(H,24,25). The molecule has 0 saturated heterocycles. The van der Waals surface area contributed by atoms with Crippen molar-refractivity contribution in [1.29, 1.82) is 0 Å². The van der Waals surface area contributed by atoms with Crippen molar-refractivity contribution in [3.63, 3.8) is 0 Å². The molecular weight excluding hydrogens is 355 g/mol. The Hall–Kier alpha value is -2.17. The molecule has 6 nitrogen and oxygen atoms in total. The van der Waals surface area contributed by atoms with Gasteiger partial charge in [0.2, 0.25) is 7.37 Å². The first-order valence-electron chi connectivity index (χ1n) is 8.50. The Bertz CT molecular complexity index is 832. The number of hydrogen-bond acceptors (Lipinski definition) is 3. The molecule has 0 aliphatic heterocycles. The van der Waals surface area contributed by atoms with E-state index in [1.54, 1.807) is 0 Å². The van der Waals surface area contributed by atoms with Crippen LogP contribution in [-0.4, -0.2) is 39.4 Å². The van der Waals surface area contributed by atoms with Crippen LogP contribution in [0.15, 0.2) is 42.5 Å². The Morgan fingerprint density at radius 3 is 2.38 bits per heavy atom. The minimum absolute atomic E-state index is 0.0245. The van der Waals surface area contributed by atoms with Crippen LogP contribution >= 0.6 is 7.37 Å². The molecule has 0 amide bonds. The summed E-state index contributed by atoms with van der Waals surface area (Å²) in [6, 6.07) is 14.0. The lowest BCUT2D eigenvalue weighted by atomic mass is 10.0. The lowest BCUT2D eigenvalue weighted by molar-refractivity contribution is -0.142. The predicted octanol–water partition coefficient (Wildman–Crippen LogP) is 3.61. The molecule has 2 atom stereocenters. The molecule has 0 bridgehead atoms. The monoisotopic (exact) mass is 378 g/mol. The molecule has 0 spiro atoms. The Balaban J connectivity index is 1.90. The van der Waals surface area contributed by atoms with E-state index in [9.17, 15) is 19.0 Å². The van der Waals surface area contributed by atoms with Crippen molar-refractivity contribution in [2.75, 3.05) is 12.3 Å². The number of aliphatic carboxylic acids is 2. The molecule has 0 aromatic heterocycles. The van der Waals surface area contributed by atoms with Gasteiger partial charge in [-0.25, -0.2) is 0 Å². The van der Waals surface area contributed by atoms with E-state index in [0.29, 0.717) is 12.8 Å². The van der Waals surface area contributed by atoms with Crippen LogP contribution in [0.25, 0.3) is 10.8 Å². The van der Waals surface area contributed by atoms with Crippen molar-refractivity contribution in [2.24, 2.45) is 5.92 Å². The van der Waals surface area contributed by atoms with E-state index >= 15 is 0 Å². The van der Waals surface area contributed by atoms with E-state index in [4.69, 9.17) is 10.2 Å². The highest BCUT2D eigenvalue weighted by Gasteiger charge is 2.28. The molecule has 0 aliphatic rings. The summed E-state index contributed by atoms with van der Waals surface area (Å²) < 4.78 is 12.3. The number of fused-ring (bicyclic) bond motifs is 1. The zero-order valence-corrected chi connectivity index (χ0v) is 15.3. The number of aryl methyl sites for hydroxylation is 1. The van der Waals surface area contributed by atoms with Crippen LogP contribution in [0.2, 0.25) is 0 Å². The summed E-state index contributed by atoms with van der Waals surface area (Å²) in [6.45, 7) is 0. The second-order valence-corrected chi connectivity index (χ2v) is 9.01. The SMILES string of the molecule is O=C(O)CCC(CP(=O)(O)CCCc1ccc2ccccc2c1)C(=O)O. The van der Waals surface area contributed by atoms with Crippen LogP contribution in [0.4, 0.5) is 0 Å². The zero-order chi connectivity index (χ0) is 19.2. The van der Waals surface area contributed by atoms with Crippen molar-refractivity contribution < 1.29 is 29.3 Å². The molecule has 0 radical (unpaired) electrons. The third-order valence-electron chi connectivity index (χ3n) is 4.35. The number of hydrogen-bond donors (Lipinski definition) is 3. The molecule has 0 saturated carbocycles. The van der Waals surface area contributed by atoms with Crippen molar-refractivity contribution >= 4 is 30.1 Å². The van der Waals surface area contributed by atoms with Gasteiger partial charge in [-0.05, 0) is 35.6 Å². The van der Waals surface area contributed by atoms with E-state index in [1.807, 2.05) is 42.5 Å². The van der Waals surface area contributed by atoms with Gasteiger partial charge in [0.05, 0.1) is 5.92 Å². The third-order valence-corrected chi connectivity index (χ3v) is 6.37. The van der Waals surface area contributed by atoms with Crippen LogP contribution in [0.3, 0.4) is 0 Å². The van der Waals surface area contributed by atoms with Crippen molar-refractivity contribution in [2.45, 2.75) is 25.7 Å².